The summed E-state index contributed by atoms with van der Waals surface area (Å²) in [5.74, 6) is -2.50. The van der Waals surface area contributed by atoms with Gasteiger partial charge in [0, 0.05) is 12.0 Å². The first-order chi connectivity index (χ1) is 9.00. The van der Waals surface area contributed by atoms with Crippen molar-refractivity contribution < 1.29 is 18.3 Å². The van der Waals surface area contributed by atoms with Crippen LogP contribution in [0.25, 0.3) is 0 Å². The number of rotatable bonds is 3. The number of aryl methyl sites for hydroxylation is 1. The Balaban J connectivity index is 2.28. The molecule has 0 spiro atoms. The zero-order valence-electron chi connectivity index (χ0n) is 10.3. The standard InChI is InChI=1S/C15H13F3O/c1-9-4-2-6-11(14(9)17)13(19)8-10-5-3-7-12(16)15(10)18/h2-7,13,19H,8H2,1H3. The van der Waals surface area contributed by atoms with Gasteiger partial charge in [-0.3, -0.25) is 0 Å². The van der Waals surface area contributed by atoms with Crippen LogP contribution >= 0.6 is 0 Å². The second kappa shape index (κ2) is 5.45. The monoisotopic (exact) mass is 266 g/mol. The fourth-order valence-corrected chi connectivity index (χ4v) is 1.95. The number of halogens is 3. The summed E-state index contributed by atoms with van der Waals surface area (Å²) in [6.45, 7) is 1.58. The van der Waals surface area contributed by atoms with Crippen molar-refractivity contribution in [2.75, 3.05) is 0 Å². The zero-order chi connectivity index (χ0) is 14.0. The molecule has 0 aliphatic carbocycles. The highest BCUT2D eigenvalue weighted by atomic mass is 19.2. The van der Waals surface area contributed by atoms with Crippen molar-refractivity contribution in [3.8, 4) is 0 Å². The van der Waals surface area contributed by atoms with E-state index >= 15 is 0 Å². The third kappa shape index (κ3) is 2.79. The maximum absolute atomic E-state index is 13.8. The molecule has 0 fully saturated rings. The molecule has 0 aliphatic rings. The minimum atomic E-state index is -1.21. The summed E-state index contributed by atoms with van der Waals surface area (Å²) >= 11 is 0. The van der Waals surface area contributed by atoms with Crippen molar-refractivity contribution in [2.45, 2.75) is 19.4 Å². The Morgan fingerprint density at radius 2 is 1.68 bits per heavy atom. The maximum atomic E-state index is 13.8. The predicted molar refractivity (Wildman–Crippen MR) is 66.2 cm³/mol. The molecule has 0 amide bonds. The predicted octanol–water partition coefficient (Wildman–Crippen LogP) is 3.69. The van der Waals surface area contributed by atoms with Crippen LogP contribution in [0.1, 0.15) is 22.8 Å². The molecule has 0 bridgehead atoms. The van der Waals surface area contributed by atoms with Gasteiger partial charge < -0.3 is 5.11 Å². The maximum Gasteiger partial charge on any atom is 0.162 e. The van der Waals surface area contributed by atoms with Crippen molar-refractivity contribution in [1.29, 1.82) is 0 Å². The van der Waals surface area contributed by atoms with Crippen LogP contribution in [0.5, 0.6) is 0 Å². The van der Waals surface area contributed by atoms with Crippen LogP contribution < -0.4 is 0 Å². The molecule has 1 N–H and O–H groups in total. The number of aliphatic hydroxyl groups excluding tert-OH is 1. The van der Waals surface area contributed by atoms with Gasteiger partial charge in [0.1, 0.15) is 5.82 Å². The highest BCUT2D eigenvalue weighted by Crippen LogP contribution is 2.24. The fraction of sp³-hybridized carbons (Fsp3) is 0.200. The third-order valence-corrected chi connectivity index (χ3v) is 3.03. The summed E-state index contributed by atoms with van der Waals surface area (Å²) in [5, 5.41) is 9.97. The van der Waals surface area contributed by atoms with E-state index in [4.69, 9.17) is 0 Å². The van der Waals surface area contributed by atoms with E-state index in [2.05, 4.69) is 0 Å². The van der Waals surface area contributed by atoms with E-state index in [0.29, 0.717) is 5.56 Å². The molecule has 1 atom stereocenters. The molecule has 19 heavy (non-hydrogen) atoms. The molecule has 0 heterocycles. The lowest BCUT2D eigenvalue weighted by molar-refractivity contribution is 0.172. The Kier molecular flexibility index (Phi) is 3.90. The molecule has 2 aromatic carbocycles. The lowest BCUT2D eigenvalue weighted by Crippen LogP contribution is -2.07. The zero-order valence-corrected chi connectivity index (χ0v) is 10.3. The summed E-state index contributed by atoms with van der Waals surface area (Å²) < 4.78 is 40.3. The van der Waals surface area contributed by atoms with Gasteiger partial charge in [-0.1, -0.05) is 30.3 Å². The minimum absolute atomic E-state index is 0.0217. The van der Waals surface area contributed by atoms with Crippen LogP contribution in [0.15, 0.2) is 36.4 Å². The fourth-order valence-electron chi connectivity index (χ4n) is 1.95. The van der Waals surface area contributed by atoms with E-state index in [1.54, 1.807) is 19.1 Å². The van der Waals surface area contributed by atoms with Gasteiger partial charge in [0.15, 0.2) is 11.6 Å². The number of aliphatic hydroxyl groups is 1. The van der Waals surface area contributed by atoms with Gasteiger partial charge in [-0.05, 0) is 24.1 Å². The second-order valence-corrected chi connectivity index (χ2v) is 4.41. The molecular formula is C15H13F3O. The van der Waals surface area contributed by atoms with E-state index < -0.39 is 23.6 Å². The summed E-state index contributed by atoms with van der Waals surface area (Å²) in [4.78, 5) is 0. The van der Waals surface area contributed by atoms with Crippen molar-refractivity contribution in [3.05, 3.63) is 70.5 Å². The van der Waals surface area contributed by atoms with Crippen LogP contribution in [0.4, 0.5) is 13.2 Å². The topological polar surface area (TPSA) is 20.2 Å². The van der Waals surface area contributed by atoms with Crippen LogP contribution in [-0.4, -0.2) is 5.11 Å². The van der Waals surface area contributed by atoms with E-state index in [1.807, 2.05) is 0 Å². The summed E-state index contributed by atoms with van der Waals surface area (Å²) in [6, 6.07) is 8.35. The van der Waals surface area contributed by atoms with Crippen LogP contribution in [-0.2, 0) is 6.42 Å². The quantitative estimate of drug-likeness (QED) is 0.898. The number of benzene rings is 2. The summed E-state index contributed by atoms with van der Waals surface area (Å²) in [5.41, 5.74) is 0.508. The highest BCUT2D eigenvalue weighted by molar-refractivity contribution is 5.29. The molecule has 2 rings (SSSR count). The minimum Gasteiger partial charge on any atom is -0.388 e. The third-order valence-electron chi connectivity index (χ3n) is 3.03. The van der Waals surface area contributed by atoms with Crippen LogP contribution in [0.3, 0.4) is 0 Å². The lowest BCUT2D eigenvalue weighted by Gasteiger charge is -2.13. The molecule has 0 radical (unpaired) electrons. The van der Waals surface area contributed by atoms with E-state index in [0.717, 1.165) is 6.07 Å². The van der Waals surface area contributed by atoms with Gasteiger partial charge in [0.2, 0.25) is 0 Å². The Hall–Kier alpha value is -1.81. The normalized spacial score (nSPS) is 12.5. The average molecular weight is 266 g/mol. The number of hydrogen-bond acceptors (Lipinski definition) is 1. The Bertz CT molecular complexity index is 596. The summed E-state index contributed by atoms with van der Waals surface area (Å²) in [6.07, 6.45) is -1.39. The van der Waals surface area contributed by atoms with Gasteiger partial charge in [-0.25, -0.2) is 13.2 Å². The molecule has 0 saturated heterocycles. The molecule has 1 nitrogen and oxygen atoms in total. The largest absolute Gasteiger partial charge is 0.388 e. The molecule has 0 aliphatic heterocycles. The molecule has 0 saturated carbocycles. The van der Waals surface area contributed by atoms with Crippen molar-refractivity contribution in [1.82, 2.24) is 0 Å². The summed E-state index contributed by atoms with van der Waals surface area (Å²) in [7, 11) is 0. The van der Waals surface area contributed by atoms with Gasteiger partial charge in [-0.15, -0.1) is 0 Å². The Labute approximate surface area is 109 Å². The highest BCUT2D eigenvalue weighted by Gasteiger charge is 2.17. The van der Waals surface area contributed by atoms with Gasteiger partial charge in [0.05, 0.1) is 6.10 Å². The van der Waals surface area contributed by atoms with Gasteiger partial charge >= 0.3 is 0 Å². The molecular weight excluding hydrogens is 253 g/mol. The lowest BCUT2D eigenvalue weighted by atomic mass is 9.99. The van der Waals surface area contributed by atoms with E-state index in [1.165, 1.54) is 18.2 Å². The second-order valence-electron chi connectivity index (χ2n) is 4.41. The van der Waals surface area contributed by atoms with E-state index in [9.17, 15) is 18.3 Å². The van der Waals surface area contributed by atoms with Crippen LogP contribution in [0, 0.1) is 24.4 Å². The molecule has 100 valence electrons. The van der Waals surface area contributed by atoms with Crippen molar-refractivity contribution in [2.24, 2.45) is 0 Å². The van der Waals surface area contributed by atoms with Gasteiger partial charge in [0.25, 0.3) is 0 Å². The van der Waals surface area contributed by atoms with Gasteiger partial charge in [-0.2, -0.15) is 0 Å². The number of hydrogen-bond donors (Lipinski definition) is 1. The Morgan fingerprint density at radius 3 is 2.42 bits per heavy atom. The first kappa shape index (κ1) is 13.6. The first-order valence-electron chi connectivity index (χ1n) is 5.86. The van der Waals surface area contributed by atoms with Crippen molar-refractivity contribution in [3.63, 3.8) is 0 Å². The molecule has 2 aromatic rings. The smallest absolute Gasteiger partial charge is 0.162 e. The molecule has 0 aromatic heterocycles. The van der Waals surface area contributed by atoms with Crippen molar-refractivity contribution >= 4 is 0 Å². The van der Waals surface area contributed by atoms with E-state index in [-0.39, 0.29) is 17.5 Å². The first-order valence-corrected chi connectivity index (χ1v) is 5.86. The SMILES string of the molecule is Cc1cccc(C(O)Cc2cccc(F)c2F)c1F. The van der Waals surface area contributed by atoms with Crippen LogP contribution in [0.2, 0.25) is 0 Å². The molecule has 1 unspecified atom stereocenters. The Morgan fingerprint density at radius 1 is 1.00 bits per heavy atom. The average Bonchev–Trinajstić information content (AvgIpc) is 2.38. The molecule has 4 heteroatoms.